The minimum absolute atomic E-state index is 0.378. The summed E-state index contributed by atoms with van der Waals surface area (Å²) in [5.74, 6) is 0.0699. The molecule has 0 spiro atoms. The number of hydrogen-bond acceptors (Lipinski definition) is 3. The van der Waals surface area contributed by atoms with Gasteiger partial charge in [-0.1, -0.05) is 12.7 Å². The molecule has 3 rings (SSSR count). The van der Waals surface area contributed by atoms with Gasteiger partial charge in [-0.3, -0.25) is 14.5 Å². The van der Waals surface area contributed by atoms with Crippen LogP contribution in [0.15, 0.2) is 54.6 Å². The van der Waals surface area contributed by atoms with Crippen molar-refractivity contribution in [1.82, 2.24) is 14.5 Å². The van der Waals surface area contributed by atoms with E-state index in [-0.39, 0.29) is 0 Å². The third-order valence-corrected chi connectivity index (χ3v) is 3.30. The molecule has 0 atom stereocenters. The molecule has 0 aliphatic heterocycles. The second kappa shape index (κ2) is 5.28. The molecule has 0 aromatic carbocycles. The number of fused-ring (bicyclic) bond motifs is 1. The molecular formula is C16H13FN4. The van der Waals surface area contributed by atoms with Crippen molar-refractivity contribution in [3.05, 3.63) is 60.7 Å². The Bertz CT molecular complexity index is 848. The summed E-state index contributed by atoms with van der Waals surface area (Å²) in [6.07, 6.45) is 8.52. The van der Waals surface area contributed by atoms with Crippen LogP contribution >= 0.6 is 0 Å². The van der Waals surface area contributed by atoms with Crippen LogP contribution in [0, 0.1) is 0 Å². The van der Waals surface area contributed by atoms with Crippen LogP contribution in [0.3, 0.4) is 0 Å². The summed E-state index contributed by atoms with van der Waals surface area (Å²) in [5, 5.41) is 1.05. The Labute approximate surface area is 121 Å². The Morgan fingerprint density at radius 1 is 1.38 bits per heavy atom. The van der Waals surface area contributed by atoms with Gasteiger partial charge in [-0.15, -0.1) is 0 Å². The van der Waals surface area contributed by atoms with Crippen LogP contribution in [0.5, 0.6) is 0 Å². The lowest BCUT2D eigenvalue weighted by Crippen LogP contribution is -2.03. The molecular weight excluding hydrogens is 267 g/mol. The Morgan fingerprint density at radius 2 is 2.24 bits per heavy atom. The molecule has 21 heavy (non-hydrogen) atoms. The molecule has 0 fully saturated rings. The van der Waals surface area contributed by atoms with Crippen LogP contribution in [0.4, 0.5) is 4.39 Å². The van der Waals surface area contributed by atoms with Crippen molar-refractivity contribution in [2.75, 3.05) is 7.05 Å². The van der Waals surface area contributed by atoms with Crippen molar-refractivity contribution < 1.29 is 4.39 Å². The van der Waals surface area contributed by atoms with Gasteiger partial charge in [-0.25, -0.2) is 4.98 Å². The van der Waals surface area contributed by atoms with Gasteiger partial charge in [0.2, 0.25) is 5.97 Å². The standard InChI is InChI=1S/C16H13FN4/c1-3-11-9-20-15(8-13(11)16(17)18-2)21-7-5-12-4-6-19-10-14(12)21/h3-10H,1H2,2H3. The van der Waals surface area contributed by atoms with Crippen LogP contribution in [0.2, 0.25) is 0 Å². The molecule has 0 radical (unpaired) electrons. The normalized spacial score (nSPS) is 11.8. The van der Waals surface area contributed by atoms with Gasteiger partial charge < -0.3 is 0 Å². The SMILES string of the molecule is C=Cc1cnc(-n2ccc3ccncc32)cc1C(F)=NC. The van der Waals surface area contributed by atoms with Gasteiger partial charge >= 0.3 is 0 Å². The van der Waals surface area contributed by atoms with E-state index in [9.17, 15) is 4.39 Å². The first-order valence-electron chi connectivity index (χ1n) is 6.41. The number of rotatable bonds is 3. The van der Waals surface area contributed by atoms with Crippen molar-refractivity contribution in [2.24, 2.45) is 4.99 Å². The molecule has 0 unspecified atom stereocenters. The molecule has 3 aromatic heterocycles. The van der Waals surface area contributed by atoms with E-state index in [1.165, 1.54) is 7.05 Å². The monoisotopic (exact) mass is 280 g/mol. The fourth-order valence-electron chi connectivity index (χ4n) is 2.22. The Morgan fingerprint density at radius 3 is 3.00 bits per heavy atom. The summed E-state index contributed by atoms with van der Waals surface area (Å²) in [5.41, 5.74) is 1.90. The van der Waals surface area contributed by atoms with E-state index < -0.39 is 5.97 Å². The summed E-state index contributed by atoms with van der Waals surface area (Å²) in [6.45, 7) is 3.67. The molecule has 5 heteroatoms. The summed E-state index contributed by atoms with van der Waals surface area (Å²) in [6, 6.07) is 5.54. The van der Waals surface area contributed by atoms with E-state index in [2.05, 4.69) is 21.5 Å². The van der Waals surface area contributed by atoms with E-state index >= 15 is 0 Å². The largest absolute Gasteiger partial charge is 0.300 e. The number of aliphatic imine (C=N–C) groups is 1. The minimum atomic E-state index is -0.539. The topological polar surface area (TPSA) is 43.1 Å². The third-order valence-electron chi connectivity index (χ3n) is 3.30. The number of aromatic nitrogens is 3. The van der Waals surface area contributed by atoms with Crippen LogP contribution in [0.1, 0.15) is 11.1 Å². The molecule has 0 amide bonds. The van der Waals surface area contributed by atoms with Crippen molar-refractivity contribution in [3.8, 4) is 5.82 Å². The predicted octanol–water partition coefficient (Wildman–Crippen LogP) is 3.41. The highest BCUT2D eigenvalue weighted by molar-refractivity contribution is 5.97. The van der Waals surface area contributed by atoms with Gasteiger partial charge in [0.05, 0.1) is 11.7 Å². The van der Waals surface area contributed by atoms with E-state index in [1.54, 1.807) is 30.7 Å². The lowest BCUT2D eigenvalue weighted by molar-refractivity contribution is 0.802. The number of hydrogen-bond donors (Lipinski definition) is 0. The average molecular weight is 280 g/mol. The molecule has 3 aromatic rings. The summed E-state index contributed by atoms with van der Waals surface area (Å²) < 4.78 is 15.8. The van der Waals surface area contributed by atoms with Crippen molar-refractivity contribution in [2.45, 2.75) is 0 Å². The van der Waals surface area contributed by atoms with Gasteiger partial charge in [0.15, 0.2) is 0 Å². The second-order valence-electron chi connectivity index (χ2n) is 4.47. The third kappa shape index (κ3) is 2.23. The molecule has 0 saturated carbocycles. The first kappa shape index (κ1) is 13.2. The number of halogens is 1. The second-order valence-corrected chi connectivity index (χ2v) is 4.47. The molecule has 0 aliphatic carbocycles. The van der Waals surface area contributed by atoms with E-state index in [0.29, 0.717) is 16.9 Å². The highest BCUT2D eigenvalue weighted by Gasteiger charge is 2.11. The molecule has 0 aliphatic rings. The molecule has 4 nitrogen and oxygen atoms in total. The van der Waals surface area contributed by atoms with Crippen molar-refractivity contribution in [3.63, 3.8) is 0 Å². The number of nitrogens with zero attached hydrogens (tertiary/aromatic N) is 4. The lowest BCUT2D eigenvalue weighted by atomic mass is 10.1. The van der Waals surface area contributed by atoms with Crippen molar-refractivity contribution in [1.29, 1.82) is 0 Å². The van der Waals surface area contributed by atoms with Crippen LogP contribution in [-0.4, -0.2) is 27.5 Å². The Hall–Kier alpha value is -2.82. The summed E-state index contributed by atoms with van der Waals surface area (Å²) in [7, 11) is 1.41. The minimum Gasteiger partial charge on any atom is -0.300 e. The maximum Gasteiger partial charge on any atom is 0.216 e. The molecule has 0 bridgehead atoms. The van der Waals surface area contributed by atoms with Crippen LogP contribution in [-0.2, 0) is 0 Å². The lowest BCUT2D eigenvalue weighted by Gasteiger charge is -2.08. The highest BCUT2D eigenvalue weighted by atomic mass is 19.1. The first-order valence-corrected chi connectivity index (χ1v) is 6.41. The Kier molecular flexibility index (Phi) is 3.31. The predicted molar refractivity (Wildman–Crippen MR) is 82.5 cm³/mol. The Balaban J connectivity index is 2.21. The van der Waals surface area contributed by atoms with Crippen molar-refractivity contribution >= 4 is 22.9 Å². The van der Waals surface area contributed by atoms with Gasteiger partial charge in [-0.2, -0.15) is 4.39 Å². The van der Waals surface area contributed by atoms with E-state index in [0.717, 1.165) is 10.9 Å². The zero-order valence-corrected chi connectivity index (χ0v) is 11.5. The van der Waals surface area contributed by atoms with Gasteiger partial charge in [0, 0.05) is 42.2 Å². The van der Waals surface area contributed by atoms with Crippen LogP contribution < -0.4 is 0 Å². The number of pyridine rings is 2. The highest BCUT2D eigenvalue weighted by Crippen LogP contribution is 2.21. The van der Waals surface area contributed by atoms with Gasteiger partial charge in [0.25, 0.3) is 0 Å². The van der Waals surface area contributed by atoms with Gasteiger partial charge in [-0.05, 0) is 18.2 Å². The van der Waals surface area contributed by atoms with Gasteiger partial charge in [0.1, 0.15) is 5.82 Å². The first-order chi connectivity index (χ1) is 10.2. The molecule has 0 N–H and O–H groups in total. The van der Waals surface area contributed by atoms with Crippen LogP contribution in [0.25, 0.3) is 22.8 Å². The fourth-order valence-corrected chi connectivity index (χ4v) is 2.22. The van der Waals surface area contributed by atoms with E-state index in [4.69, 9.17) is 0 Å². The average Bonchev–Trinajstić information content (AvgIpc) is 2.97. The molecule has 104 valence electrons. The summed E-state index contributed by atoms with van der Waals surface area (Å²) in [4.78, 5) is 12.1. The molecule has 3 heterocycles. The maximum absolute atomic E-state index is 13.9. The maximum atomic E-state index is 13.9. The quantitative estimate of drug-likeness (QED) is 0.690. The molecule has 0 saturated heterocycles. The summed E-state index contributed by atoms with van der Waals surface area (Å²) >= 11 is 0. The zero-order valence-electron chi connectivity index (χ0n) is 11.5. The zero-order chi connectivity index (χ0) is 14.8. The smallest absolute Gasteiger partial charge is 0.216 e. The fraction of sp³-hybridized carbons (Fsp3) is 0.0625. The van der Waals surface area contributed by atoms with E-state index in [1.807, 2.05) is 22.9 Å².